The maximum absolute atomic E-state index is 4.55. The number of hydrogen-bond donors (Lipinski definition) is 0. The summed E-state index contributed by atoms with van der Waals surface area (Å²) in [6.45, 7) is 9.22. The van der Waals surface area contributed by atoms with Crippen molar-refractivity contribution in [1.82, 2.24) is 39.6 Å². The predicted molar refractivity (Wildman–Crippen MR) is 104 cm³/mol. The molecule has 0 N–H and O–H groups in total. The first kappa shape index (κ1) is 17.3. The third-order valence-electron chi connectivity index (χ3n) is 5.79. The molecule has 9 heteroatoms. The molecular weight excluding hydrogens is 354 g/mol. The van der Waals surface area contributed by atoms with Gasteiger partial charge in [-0.25, -0.2) is 14.6 Å². The summed E-state index contributed by atoms with van der Waals surface area (Å²) < 4.78 is 3.66. The van der Waals surface area contributed by atoms with E-state index in [2.05, 4.69) is 47.3 Å². The van der Waals surface area contributed by atoms with Crippen molar-refractivity contribution in [3.8, 4) is 5.82 Å². The van der Waals surface area contributed by atoms with Crippen molar-refractivity contribution in [1.29, 1.82) is 0 Å². The van der Waals surface area contributed by atoms with E-state index in [1.165, 1.54) is 0 Å². The zero-order valence-corrected chi connectivity index (χ0v) is 16.5. The minimum Gasteiger partial charge on any atom is -0.356 e. The average molecular weight is 379 g/mol. The Balaban J connectivity index is 1.27. The molecule has 2 aliphatic heterocycles. The fourth-order valence-corrected chi connectivity index (χ4v) is 4.59. The Morgan fingerprint density at radius 1 is 1.00 bits per heavy atom. The molecule has 146 valence electrons. The average Bonchev–Trinajstić information content (AvgIpc) is 3.40. The number of fused-ring (bicyclic) bond motifs is 1. The number of aromatic nitrogens is 7. The standard InChI is InChI=1S/C19H25N9/c1-13-4-14(2)28(23-13)19-5-18(20-12-21-19)27-8-15-6-26(7-16(15)9-27)11-17-10-25(3)24-22-17/h4-5,10,12,15-16H,6-9,11H2,1-3H3. The second kappa shape index (κ2) is 6.66. The van der Waals surface area contributed by atoms with Gasteiger partial charge >= 0.3 is 0 Å². The third-order valence-corrected chi connectivity index (χ3v) is 5.79. The molecule has 2 atom stereocenters. The van der Waals surface area contributed by atoms with Crippen LogP contribution in [0, 0.1) is 25.7 Å². The molecule has 2 unspecified atom stereocenters. The Kier molecular flexibility index (Phi) is 4.12. The van der Waals surface area contributed by atoms with Gasteiger partial charge < -0.3 is 4.90 Å². The quantitative estimate of drug-likeness (QED) is 0.668. The number of rotatable bonds is 4. The minimum atomic E-state index is 0.670. The molecule has 9 nitrogen and oxygen atoms in total. The van der Waals surface area contributed by atoms with Crippen LogP contribution >= 0.6 is 0 Å². The van der Waals surface area contributed by atoms with Gasteiger partial charge in [0.2, 0.25) is 0 Å². The van der Waals surface area contributed by atoms with Crippen LogP contribution < -0.4 is 4.90 Å². The summed E-state index contributed by atoms with van der Waals surface area (Å²) in [7, 11) is 1.91. The van der Waals surface area contributed by atoms with E-state index in [-0.39, 0.29) is 0 Å². The smallest absolute Gasteiger partial charge is 0.159 e. The van der Waals surface area contributed by atoms with E-state index in [0.717, 1.165) is 61.4 Å². The summed E-state index contributed by atoms with van der Waals surface area (Å²) in [5, 5.41) is 12.8. The lowest BCUT2D eigenvalue weighted by Crippen LogP contribution is -2.29. The summed E-state index contributed by atoms with van der Waals surface area (Å²) in [6.07, 6.45) is 3.65. The summed E-state index contributed by atoms with van der Waals surface area (Å²) in [5.74, 6) is 3.16. The molecule has 0 saturated carbocycles. The fourth-order valence-electron chi connectivity index (χ4n) is 4.59. The molecule has 3 aromatic rings. The van der Waals surface area contributed by atoms with E-state index >= 15 is 0 Å². The zero-order chi connectivity index (χ0) is 19.3. The lowest BCUT2D eigenvalue weighted by Gasteiger charge is -2.22. The first-order valence-corrected chi connectivity index (χ1v) is 9.73. The SMILES string of the molecule is Cc1cc(C)n(-c2cc(N3CC4CN(Cc5cn(C)nn5)CC4C3)ncn2)n1. The molecule has 28 heavy (non-hydrogen) atoms. The van der Waals surface area contributed by atoms with E-state index in [4.69, 9.17) is 0 Å². The topological polar surface area (TPSA) is 80.8 Å². The monoisotopic (exact) mass is 379 g/mol. The van der Waals surface area contributed by atoms with Gasteiger partial charge in [0.1, 0.15) is 12.1 Å². The summed E-state index contributed by atoms with van der Waals surface area (Å²) in [4.78, 5) is 13.9. The van der Waals surface area contributed by atoms with Crippen LogP contribution in [0.4, 0.5) is 5.82 Å². The molecule has 5 heterocycles. The number of nitrogens with zero attached hydrogens (tertiary/aromatic N) is 9. The molecule has 0 spiro atoms. The molecular formula is C19H25N9. The van der Waals surface area contributed by atoms with Crippen LogP contribution in [0.25, 0.3) is 5.82 Å². The van der Waals surface area contributed by atoms with Crippen molar-refractivity contribution >= 4 is 5.82 Å². The summed E-state index contributed by atoms with van der Waals surface area (Å²) >= 11 is 0. The molecule has 2 saturated heterocycles. The Labute approximate surface area is 164 Å². The lowest BCUT2D eigenvalue weighted by atomic mass is 10.0. The van der Waals surface area contributed by atoms with Gasteiger partial charge in [-0.3, -0.25) is 9.58 Å². The molecule has 0 aliphatic carbocycles. The number of likely N-dealkylation sites (tertiary alicyclic amines) is 1. The third kappa shape index (κ3) is 3.15. The fraction of sp³-hybridized carbons (Fsp3) is 0.526. The zero-order valence-electron chi connectivity index (χ0n) is 16.5. The van der Waals surface area contributed by atoms with E-state index in [1.807, 2.05) is 31.8 Å². The molecule has 0 amide bonds. The van der Waals surface area contributed by atoms with Crippen molar-refractivity contribution in [3.63, 3.8) is 0 Å². The van der Waals surface area contributed by atoms with Crippen molar-refractivity contribution in [2.45, 2.75) is 20.4 Å². The van der Waals surface area contributed by atoms with E-state index in [0.29, 0.717) is 11.8 Å². The highest BCUT2D eigenvalue weighted by atomic mass is 15.4. The van der Waals surface area contributed by atoms with Crippen LogP contribution in [-0.4, -0.2) is 65.8 Å². The van der Waals surface area contributed by atoms with Gasteiger partial charge in [-0.2, -0.15) is 5.10 Å². The first-order valence-electron chi connectivity index (χ1n) is 9.73. The van der Waals surface area contributed by atoms with Gasteiger partial charge in [-0.1, -0.05) is 5.21 Å². The Hall–Kier alpha value is -2.81. The Morgan fingerprint density at radius 3 is 2.39 bits per heavy atom. The highest BCUT2D eigenvalue weighted by Crippen LogP contribution is 2.34. The van der Waals surface area contributed by atoms with Crippen LogP contribution in [0.15, 0.2) is 24.7 Å². The highest BCUT2D eigenvalue weighted by molar-refractivity contribution is 5.45. The molecule has 2 aliphatic rings. The molecule has 2 fully saturated rings. The minimum absolute atomic E-state index is 0.670. The van der Waals surface area contributed by atoms with E-state index in [1.54, 1.807) is 11.0 Å². The molecule has 0 aromatic carbocycles. The van der Waals surface area contributed by atoms with Crippen molar-refractivity contribution in [2.75, 3.05) is 31.1 Å². The van der Waals surface area contributed by atoms with Crippen molar-refractivity contribution in [3.05, 3.63) is 41.7 Å². The van der Waals surface area contributed by atoms with Gasteiger partial charge in [0.05, 0.1) is 11.4 Å². The van der Waals surface area contributed by atoms with E-state index < -0.39 is 0 Å². The van der Waals surface area contributed by atoms with Crippen LogP contribution in [0.1, 0.15) is 17.1 Å². The second-order valence-electron chi connectivity index (χ2n) is 8.08. The van der Waals surface area contributed by atoms with Gasteiger partial charge in [0.25, 0.3) is 0 Å². The maximum Gasteiger partial charge on any atom is 0.159 e. The predicted octanol–water partition coefficient (Wildman–Crippen LogP) is 0.976. The van der Waals surface area contributed by atoms with Gasteiger partial charge in [-0.15, -0.1) is 5.10 Å². The molecule has 0 radical (unpaired) electrons. The van der Waals surface area contributed by atoms with Crippen LogP contribution in [0.2, 0.25) is 0 Å². The highest BCUT2D eigenvalue weighted by Gasteiger charge is 2.40. The van der Waals surface area contributed by atoms with Crippen LogP contribution in [0.5, 0.6) is 0 Å². The number of anilines is 1. The van der Waals surface area contributed by atoms with E-state index in [9.17, 15) is 0 Å². The molecule has 0 bridgehead atoms. The van der Waals surface area contributed by atoms with Gasteiger partial charge in [-0.05, 0) is 31.7 Å². The van der Waals surface area contributed by atoms with Crippen LogP contribution in [-0.2, 0) is 13.6 Å². The van der Waals surface area contributed by atoms with Crippen molar-refractivity contribution < 1.29 is 0 Å². The van der Waals surface area contributed by atoms with Crippen molar-refractivity contribution in [2.24, 2.45) is 18.9 Å². The largest absolute Gasteiger partial charge is 0.356 e. The lowest BCUT2D eigenvalue weighted by molar-refractivity contribution is 0.305. The normalized spacial score (nSPS) is 22.2. The number of aryl methyl sites for hydroxylation is 3. The summed E-state index contributed by atoms with van der Waals surface area (Å²) in [6, 6.07) is 4.12. The number of hydrogen-bond acceptors (Lipinski definition) is 7. The second-order valence-corrected chi connectivity index (χ2v) is 8.08. The maximum atomic E-state index is 4.55. The Bertz CT molecular complexity index is 977. The summed E-state index contributed by atoms with van der Waals surface area (Å²) in [5.41, 5.74) is 3.13. The van der Waals surface area contributed by atoms with Gasteiger partial charge in [0, 0.05) is 57.7 Å². The molecule has 5 rings (SSSR count). The molecule has 3 aromatic heterocycles. The van der Waals surface area contributed by atoms with Gasteiger partial charge in [0.15, 0.2) is 5.82 Å². The Morgan fingerprint density at radius 2 is 1.75 bits per heavy atom. The van der Waals surface area contributed by atoms with Crippen LogP contribution in [0.3, 0.4) is 0 Å². The first-order chi connectivity index (χ1) is 13.5.